The van der Waals surface area contributed by atoms with Gasteiger partial charge in [-0.15, -0.1) is 0 Å². The largest absolute Gasteiger partial charge is 0.459 e. The van der Waals surface area contributed by atoms with Crippen LogP contribution >= 0.6 is 0 Å². The summed E-state index contributed by atoms with van der Waals surface area (Å²) >= 11 is 0. The highest BCUT2D eigenvalue weighted by Gasteiger charge is 2.39. The van der Waals surface area contributed by atoms with Crippen LogP contribution in [0.3, 0.4) is 0 Å². The average Bonchev–Trinajstić information content (AvgIpc) is 3.09. The third-order valence-electron chi connectivity index (χ3n) is 4.56. The predicted octanol–water partition coefficient (Wildman–Crippen LogP) is 3.37. The number of esters is 2. The molecule has 1 aliphatic heterocycles. The molecule has 0 bridgehead atoms. The molecule has 0 radical (unpaired) electrons. The highest BCUT2D eigenvalue weighted by molar-refractivity contribution is 5.90. The molecule has 0 spiro atoms. The molecule has 0 N–H and O–H groups in total. The van der Waals surface area contributed by atoms with Gasteiger partial charge in [0.15, 0.2) is 0 Å². The first-order valence-corrected chi connectivity index (χ1v) is 9.03. The van der Waals surface area contributed by atoms with Gasteiger partial charge in [0.05, 0.1) is 17.2 Å². The van der Waals surface area contributed by atoms with E-state index in [0.29, 0.717) is 11.1 Å². The van der Waals surface area contributed by atoms with Gasteiger partial charge in [-0.05, 0) is 38.1 Å². The van der Waals surface area contributed by atoms with Crippen molar-refractivity contribution in [2.45, 2.75) is 38.6 Å². The van der Waals surface area contributed by atoms with Crippen molar-refractivity contribution in [3.8, 4) is 6.07 Å². The fourth-order valence-electron chi connectivity index (χ4n) is 2.90. The van der Waals surface area contributed by atoms with Gasteiger partial charge in [-0.25, -0.2) is 9.59 Å². The Morgan fingerprint density at radius 2 is 1.54 bits per heavy atom. The summed E-state index contributed by atoms with van der Waals surface area (Å²) in [5, 5.41) is 9.14. The van der Waals surface area contributed by atoms with Crippen molar-refractivity contribution in [2.24, 2.45) is 0 Å². The average molecular weight is 379 g/mol. The standard InChI is InChI=1S/C22H21NO5/c1-14-3-7-16(8-4-14)21(24)26-13-20-19(11-18(12-23)27-20)28-22(25)17-9-5-15(2)6-10-17/h3-10,18-20H,11,13H2,1-2H3/t18-,19-,20-/m0/s1. The maximum atomic E-state index is 12.4. The minimum absolute atomic E-state index is 0.100. The second-order valence-electron chi connectivity index (χ2n) is 6.80. The number of hydrogen-bond donors (Lipinski definition) is 0. The van der Waals surface area contributed by atoms with Crippen molar-refractivity contribution in [3.05, 3.63) is 70.8 Å². The van der Waals surface area contributed by atoms with E-state index in [1.54, 1.807) is 24.3 Å². The van der Waals surface area contributed by atoms with E-state index in [1.165, 1.54) is 0 Å². The maximum Gasteiger partial charge on any atom is 0.338 e. The molecule has 2 aromatic carbocycles. The summed E-state index contributed by atoms with van der Waals surface area (Å²) in [5.41, 5.74) is 2.91. The zero-order valence-electron chi connectivity index (χ0n) is 15.8. The molecule has 6 nitrogen and oxygen atoms in total. The minimum atomic E-state index is -0.709. The van der Waals surface area contributed by atoms with Crippen LogP contribution in [-0.2, 0) is 14.2 Å². The third-order valence-corrected chi connectivity index (χ3v) is 4.56. The molecule has 3 rings (SSSR count). The van der Waals surface area contributed by atoms with Crippen LogP contribution in [0.15, 0.2) is 48.5 Å². The molecule has 0 aliphatic carbocycles. The van der Waals surface area contributed by atoms with E-state index in [2.05, 4.69) is 0 Å². The first-order valence-electron chi connectivity index (χ1n) is 9.03. The van der Waals surface area contributed by atoms with E-state index in [-0.39, 0.29) is 13.0 Å². The fraction of sp³-hybridized carbons (Fsp3) is 0.318. The lowest BCUT2D eigenvalue weighted by Gasteiger charge is -2.19. The molecule has 1 fully saturated rings. The minimum Gasteiger partial charge on any atom is -0.459 e. The van der Waals surface area contributed by atoms with Crippen molar-refractivity contribution in [1.29, 1.82) is 5.26 Å². The molecule has 6 heteroatoms. The van der Waals surface area contributed by atoms with E-state index < -0.39 is 30.3 Å². The first-order chi connectivity index (χ1) is 13.5. The fourth-order valence-corrected chi connectivity index (χ4v) is 2.90. The van der Waals surface area contributed by atoms with Gasteiger partial charge in [-0.3, -0.25) is 0 Å². The normalized spacial score (nSPS) is 21.0. The topological polar surface area (TPSA) is 85.6 Å². The molecule has 1 heterocycles. The summed E-state index contributed by atoms with van der Waals surface area (Å²) in [4.78, 5) is 24.6. The predicted molar refractivity (Wildman–Crippen MR) is 101 cm³/mol. The van der Waals surface area contributed by atoms with Gasteiger partial charge < -0.3 is 14.2 Å². The lowest BCUT2D eigenvalue weighted by Crippen LogP contribution is -2.32. The van der Waals surface area contributed by atoms with Gasteiger partial charge in [-0.1, -0.05) is 35.4 Å². The van der Waals surface area contributed by atoms with Crippen LogP contribution in [0.25, 0.3) is 0 Å². The molecule has 28 heavy (non-hydrogen) atoms. The van der Waals surface area contributed by atoms with E-state index in [4.69, 9.17) is 19.5 Å². The van der Waals surface area contributed by atoms with Crippen molar-refractivity contribution < 1.29 is 23.8 Å². The van der Waals surface area contributed by atoms with E-state index >= 15 is 0 Å². The van der Waals surface area contributed by atoms with Gasteiger partial charge >= 0.3 is 11.9 Å². The molecule has 144 valence electrons. The van der Waals surface area contributed by atoms with Crippen LogP contribution < -0.4 is 0 Å². The van der Waals surface area contributed by atoms with Crippen LogP contribution in [-0.4, -0.2) is 36.9 Å². The first kappa shape index (κ1) is 19.6. The highest BCUT2D eigenvalue weighted by atomic mass is 16.6. The zero-order chi connectivity index (χ0) is 20.1. The SMILES string of the molecule is Cc1ccc(C(=O)OC[C@@H]2O[C@H](C#N)C[C@@H]2OC(=O)c2ccc(C)cc2)cc1. The Kier molecular flexibility index (Phi) is 6.07. The Balaban J connectivity index is 1.62. The van der Waals surface area contributed by atoms with Crippen molar-refractivity contribution in [2.75, 3.05) is 6.61 Å². The summed E-state index contributed by atoms with van der Waals surface area (Å²) in [5.74, 6) is -0.991. The lowest BCUT2D eigenvalue weighted by atomic mass is 10.1. The second-order valence-corrected chi connectivity index (χ2v) is 6.80. The smallest absolute Gasteiger partial charge is 0.338 e. The number of carbonyl (C=O) groups is 2. The molecular formula is C22H21NO5. The number of carbonyl (C=O) groups excluding carboxylic acids is 2. The highest BCUT2D eigenvalue weighted by Crippen LogP contribution is 2.25. The molecule has 0 aromatic heterocycles. The Labute approximate surface area is 163 Å². The van der Waals surface area contributed by atoms with Gasteiger partial charge in [-0.2, -0.15) is 5.26 Å². The summed E-state index contributed by atoms with van der Waals surface area (Å²) < 4.78 is 16.4. The van der Waals surface area contributed by atoms with Crippen LogP contribution in [0.1, 0.15) is 38.3 Å². The molecule has 1 saturated heterocycles. The van der Waals surface area contributed by atoms with E-state index in [1.807, 2.05) is 44.2 Å². The number of ether oxygens (including phenoxy) is 3. The van der Waals surface area contributed by atoms with Gasteiger partial charge in [0.25, 0.3) is 0 Å². The Morgan fingerprint density at radius 1 is 1.00 bits per heavy atom. The monoisotopic (exact) mass is 379 g/mol. The number of hydrogen-bond acceptors (Lipinski definition) is 6. The van der Waals surface area contributed by atoms with Crippen LogP contribution in [0.4, 0.5) is 0 Å². The lowest BCUT2D eigenvalue weighted by molar-refractivity contribution is -0.0350. The third kappa shape index (κ3) is 4.76. The quantitative estimate of drug-likeness (QED) is 0.741. The Morgan fingerprint density at radius 3 is 2.07 bits per heavy atom. The summed E-state index contributed by atoms with van der Waals surface area (Å²) in [6.07, 6.45) is -1.82. The van der Waals surface area contributed by atoms with Gasteiger partial charge in [0.1, 0.15) is 24.9 Å². The van der Waals surface area contributed by atoms with Gasteiger partial charge in [0.2, 0.25) is 0 Å². The van der Waals surface area contributed by atoms with Crippen molar-refractivity contribution >= 4 is 11.9 Å². The molecule has 0 amide bonds. The number of aryl methyl sites for hydroxylation is 2. The second kappa shape index (κ2) is 8.68. The maximum absolute atomic E-state index is 12.4. The molecule has 0 unspecified atom stereocenters. The zero-order valence-corrected chi connectivity index (χ0v) is 15.8. The Bertz CT molecular complexity index is 883. The van der Waals surface area contributed by atoms with Crippen LogP contribution in [0.5, 0.6) is 0 Å². The van der Waals surface area contributed by atoms with E-state index in [0.717, 1.165) is 11.1 Å². The molecule has 2 aromatic rings. The van der Waals surface area contributed by atoms with Crippen LogP contribution in [0, 0.1) is 25.2 Å². The summed E-state index contributed by atoms with van der Waals surface area (Å²) in [6, 6.07) is 16.0. The molecule has 1 aliphatic rings. The summed E-state index contributed by atoms with van der Waals surface area (Å²) in [7, 11) is 0. The number of benzene rings is 2. The number of nitrogens with zero attached hydrogens (tertiary/aromatic N) is 1. The van der Waals surface area contributed by atoms with E-state index in [9.17, 15) is 9.59 Å². The molecule has 0 saturated carbocycles. The Hall–Kier alpha value is -3.17. The summed E-state index contributed by atoms with van der Waals surface area (Å²) in [6.45, 7) is 3.75. The van der Waals surface area contributed by atoms with Crippen LogP contribution in [0.2, 0.25) is 0 Å². The molecule has 3 atom stereocenters. The van der Waals surface area contributed by atoms with Crippen molar-refractivity contribution in [1.82, 2.24) is 0 Å². The number of rotatable bonds is 5. The van der Waals surface area contributed by atoms with Crippen molar-refractivity contribution in [3.63, 3.8) is 0 Å². The van der Waals surface area contributed by atoms with Gasteiger partial charge in [0, 0.05) is 6.42 Å². The number of nitriles is 1. The molecular weight excluding hydrogens is 358 g/mol.